The van der Waals surface area contributed by atoms with Gasteiger partial charge in [-0.2, -0.15) is 0 Å². The Bertz CT molecular complexity index is 561. The lowest BCUT2D eigenvalue weighted by Gasteiger charge is -2.14. The zero-order valence-corrected chi connectivity index (χ0v) is 11.3. The third kappa shape index (κ3) is 2.09. The van der Waals surface area contributed by atoms with Crippen LogP contribution in [0.3, 0.4) is 0 Å². The summed E-state index contributed by atoms with van der Waals surface area (Å²) < 4.78 is 6.89. The molecule has 2 heterocycles. The van der Waals surface area contributed by atoms with E-state index in [1.165, 1.54) is 10.9 Å². The van der Waals surface area contributed by atoms with E-state index in [0.29, 0.717) is 0 Å². The highest BCUT2D eigenvalue weighted by Gasteiger charge is 2.20. The average Bonchev–Trinajstić information content (AvgIpc) is 2.82. The molecule has 17 heavy (non-hydrogen) atoms. The summed E-state index contributed by atoms with van der Waals surface area (Å²) in [5.41, 5.74) is 3.40. The SMILES string of the molecule is Cc1cc(C2CCCO2)c2cc(Br)ccc2n1. The van der Waals surface area contributed by atoms with Gasteiger partial charge in [0.05, 0.1) is 11.6 Å². The van der Waals surface area contributed by atoms with Gasteiger partial charge in [-0.05, 0) is 49.6 Å². The van der Waals surface area contributed by atoms with E-state index < -0.39 is 0 Å². The Labute approximate surface area is 109 Å². The Hall–Kier alpha value is -0.930. The number of fused-ring (bicyclic) bond motifs is 1. The monoisotopic (exact) mass is 291 g/mol. The number of hydrogen-bond acceptors (Lipinski definition) is 2. The molecule has 88 valence electrons. The summed E-state index contributed by atoms with van der Waals surface area (Å²) in [5.74, 6) is 0. The van der Waals surface area contributed by atoms with Crippen LogP contribution < -0.4 is 0 Å². The average molecular weight is 292 g/mol. The fourth-order valence-electron chi connectivity index (χ4n) is 2.45. The van der Waals surface area contributed by atoms with Crippen LogP contribution in [0.1, 0.15) is 30.2 Å². The van der Waals surface area contributed by atoms with Crippen LogP contribution >= 0.6 is 15.9 Å². The van der Waals surface area contributed by atoms with Gasteiger partial charge in [0, 0.05) is 22.2 Å². The van der Waals surface area contributed by atoms with E-state index in [9.17, 15) is 0 Å². The second kappa shape index (κ2) is 4.39. The van der Waals surface area contributed by atoms with Gasteiger partial charge in [-0.15, -0.1) is 0 Å². The van der Waals surface area contributed by atoms with Crippen LogP contribution in [-0.2, 0) is 4.74 Å². The van der Waals surface area contributed by atoms with Crippen molar-refractivity contribution in [3.63, 3.8) is 0 Å². The zero-order valence-electron chi connectivity index (χ0n) is 9.74. The summed E-state index contributed by atoms with van der Waals surface area (Å²) in [6, 6.07) is 8.39. The van der Waals surface area contributed by atoms with E-state index in [-0.39, 0.29) is 6.10 Å². The summed E-state index contributed by atoms with van der Waals surface area (Å²) in [5, 5.41) is 1.21. The Morgan fingerprint density at radius 1 is 1.35 bits per heavy atom. The van der Waals surface area contributed by atoms with Gasteiger partial charge in [0.15, 0.2) is 0 Å². The van der Waals surface area contributed by atoms with Crippen LogP contribution in [0, 0.1) is 6.92 Å². The summed E-state index contributed by atoms with van der Waals surface area (Å²) in [6.07, 6.45) is 2.51. The van der Waals surface area contributed by atoms with Crippen molar-refractivity contribution in [3.05, 3.63) is 40.0 Å². The highest BCUT2D eigenvalue weighted by molar-refractivity contribution is 9.10. The van der Waals surface area contributed by atoms with Crippen LogP contribution in [-0.4, -0.2) is 11.6 Å². The van der Waals surface area contributed by atoms with Crippen LogP contribution in [0.25, 0.3) is 10.9 Å². The maximum atomic E-state index is 5.80. The summed E-state index contributed by atoms with van der Waals surface area (Å²) in [7, 11) is 0. The number of aromatic nitrogens is 1. The second-order valence-electron chi connectivity index (χ2n) is 4.52. The Kier molecular flexibility index (Phi) is 2.89. The first-order chi connectivity index (χ1) is 8.24. The summed E-state index contributed by atoms with van der Waals surface area (Å²) >= 11 is 3.53. The second-order valence-corrected chi connectivity index (χ2v) is 5.43. The molecule has 1 saturated heterocycles. The Morgan fingerprint density at radius 2 is 2.24 bits per heavy atom. The van der Waals surface area contributed by atoms with Crippen LogP contribution in [0.5, 0.6) is 0 Å². The molecule has 3 rings (SSSR count). The van der Waals surface area contributed by atoms with Gasteiger partial charge in [-0.3, -0.25) is 4.98 Å². The van der Waals surface area contributed by atoms with E-state index in [4.69, 9.17) is 4.74 Å². The topological polar surface area (TPSA) is 22.1 Å². The molecule has 0 bridgehead atoms. The first kappa shape index (κ1) is 11.2. The molecule has 1 atom stereocenters. The molecule has 0 aliphatic carbocycles. The first-order valence-electron chi connectivity index (χ1n) is 5.92. The van der Waals surface area contributed by atoms with Crippen LogP contribution in [0.4, 0.5) is 0 Å². The molecular weight excluding hydrogens is 278 g/mol. The minimum atomic E-state index is 0.244. The van der Waals surface area contributed by atoms with Gasteiger partial charge < -0.3 is 4.74 Å². The van der Waals surface area contributed by atoms with Crippen molar-refractivity contribution in [1.82, 2.24) is 4.98 Å². The zero-order chi connectivity index (χ0) is 11.8. The molecule has 0 spiro atoms. The minimum absolute atomic E-state index is 0.244. The largest absolute Gasteiger partial charge is 0.374 e. The number of nitrogens with zero attached hydrogens (tertiary/aromatic N) is 1. The fraction of sp³-hybridized carbons (Fsp3) is 0.357. The van der Waals surface area contributed by atoms with E-state index in [1.54, 1.807) is 0 Å². The lowest BCUT2D eigenvalue weighted by molar-refractivity contribution is 0.113. The molecular formula is C14H14BrNO. The van der Waals surface area contributed by atoms with Gasteiger partial charge in [0.1, 0.15) is 0 Å². The van der Waals surface area contributed by atoms with Crippen LogP contribution in [0.2, 0.25) is 0 Å². The fourth-order valence-corrected chi connectivity index (χ4v) is 2.81. The van der Waals surface area contributed by atoms with Crippen LogP contribution in [0.15, 0.2) is 28.7 Å². The van der Waals surface area contributed by atoms with Crippen molar-refractivity contribution < 1.29 is 4.74 Å². The first-order valence-corrected chi connectivity index (χ1v) is 6.72. The number of pyridine rings is 1. The van der Waals surface area contributed by atoms with Crippen molar-refractivity contribution in [3.8, 4) is 0 Å². The maximum Gasteiger partial charge on any atom is 0.0833 e. The highest BCUT2D eigenvalue weighted by Crippen LogP contribution is 2.34. The number of benzene rings is 1. The van der Waals surface area contributed by atoms with Crippen molar-refractivity contribution >= 4 is 26.8 Å². The molecule has 3 heteroatoms. The van der Waals surface area contributed by atoms with Crippen molar-refractivity contribution in [2.75, 3.05) is 6.61 Å². The molecule has 1 fully saturated rings. The molecule has 2 aromatic rings. The van der Waals surface area contributed by atoms with E-state index in [0.717, 1.165) is 35.1 Å². The molecule has 0 amide bonds. The quantitative estimate of drug-likeness (QED) is 0.787. The third-order valence-corrected chi connectivity index (χ3v) is 3.70. The van der Waals surface area contributed by atoms with Gasteiger partial charge in [0.2, 0.25) is 0 Å². The van der Waals surface area contributed by atoms with Crippen molar-refractivity contribution in [2.45, 2.75) is 25.9 Å². The lowest BCUT2D eigenvalue weighted by atomic mass is 10.0. The number of ether oxygens (including phenoxy) is 1. The lowest BCUT2D eigenvalue weighted by Crippen LogP contribution is -1.99. The molecule has 1 aliphatic rings. The predicted molar refractivity (Wildman–Crippen MR) is 72.1 cm³/mol. The number of halogens is 1. The number of hydrogen-bond donors (Lipinski definition) is 0. The molecule has 1 aromatic heterocycles. The Morgan fingerprint density at radius 3 is 3.00 bits per heavy atom. The molecule has 1 aromatic carbocycles. The number of rotatable bonds is 1. The predicted octanol–water partition coefficient (Wildman–Crippen LogP) is 4.16. The third-order valence-electron chi connectivity index (χ3n) is 3.21. The van der Waals surface area contributed by atoms with Gasteiger partial charge in [0.25, 0.3) is 0 Å². The van der Waals surface area contributed by atoms with Gasteiger partial charge in [-0.1, -0.05) is 15.9 Å². The van der Waals surface area contributed by atoms with E-state index in [2.05, 4.69) is 39.1 Å². The molecule has 1 aliphatic heterocycles. The Balaban J connectivity index is 2.23. The highest BCUT2D eigenvalue weighted by atomic mass is 79.9. The van der Waals surface area contributed by atoms with E-state index >= 15 is 0 Å². The molecule has 0 N–H and O–H groups in total. The molecule has 2 nitrogen and oxygen atoms in total. The summed E-state index contributed by atoms with van der Waals surface area (Å²) in [6.45, 7) is 2.92. The van der Waals surface area contributed by atoms with Gasteiger partial charge >= 0.3 is 0 Å². The van der Waals surface area contributed by atoms with Crippen molar-refractivity contribution in [1.29, 1.82) is 0 Å². The van der Waals surface area contributed by atoms with Crippen molar-refractivity contribution in [2.24, 2.45) is 0 Å². The molecule has 0 radical (unpaired) electrons. The minimum Gasteiger partial charge on any atom is -0.374 e. The smallest absolute Gasteiger partial charge is 0.0833 e. The van der Waals surface area contributed by atoms with Gasteiger partial charge in [-0.25, -0.2) is 0 Å². The molecule has 0 saturated carbocycles. The normalized spacial score (nSPS) is 20.0. The summed E-state index contributed by atoms with van der Waals surface area (Å²) in [4.78, 5) is 4.57. The van der Waals surface area contributed by atoms with E-state index in [1.807, 2.05) is 13.0 Å². The maximum absolute atomic E-state index is 5.80. The standard InChI is InChI=1S/C14H14BrNO/c1-9-7-12(14-3-2-6-17-14)11-8-10(15)4-5-13(11)16-9/h4-5,7-8,14H,2-3,6H2,1H3. The number of aryl methyl sites for hydroxylation is 1. The molecule has 1 unspecified atom stereocenters.